The van der Waals surface area contributed by atoms with Gasteiger partial charge in [0.25, 0.3) is 0 Å². The van der Waals surface area contributed by atoms with E-state index < -0.39 is 45.0 Å². The lowest BCUT2D eigenvalue weighted by Crippen LogP contribution is -2.34. The highest BCUT2D eigenvalue weighted by molar-refractivity contribution is 7.33. The van der Waals surface area contributed by atoms with E-state index in [1.807, 2.05) is 0 Å². The fraction of sp³-hybridized carbons (Fsp3) is 0.375. The molecule has 27 heavy (non-hydrogen) atoms. The Morgan fingerprint density at radius 3 is 2.74 bits per heavy atom. The Bertz CT molecular complexity index is 852. The van der Waals surface area contributed by atoms with Crippen molar-refractivity contribution < 1.29 is 27.8 Å². The van der Waals surface area contributed by atoms with Crippen LogP contribution in [0.15, 0.2) is 47.4 Å². The monoisotopic (exact) mass is 398 g/mol. The van der Waals surface area contributed by atoms with Crippen molar-refractivity contribution in [2.45, 2.75) is 18.4 Å². The molecule has 144 valence electrons. The van der Waals surface area contributed by atoms with Gasteiger partial charge >= 0.3 is 13.9 Å². The molecule has 5 atom stereocenters. The van der Waals surface area contributed by atoms with E-state index in [0.717, 1.165) is 4.57 Å². The number of hydrogen-bond donors (Lipinski definition) is 2. The van der Waals surface area contributed by atoms with Gasteiger partial charge in [0.05, 0.1) is 12.8 Å². The largest absolute Gasteiger partial charge is 0.750 e. The van der Waals surface area contributed by atoms with Crippen LogP contribution in [-0.2, 0) is 13.8 Å². The van der Waals surface area contributed by atoms with E-state index in [9.17, 15) is 18.9 Å². The minimum Gasteiger partial charge on any atom is -0.388 e. The molecule has 1 aliphatic rings. The zero-order valence-corrected chi connectivity index (χ0v) is 14.9. The number of anilines is 1. The number of ether oxygens (including phenoxy) is 1. The van der Waals surface area contributed by atoms with E-state index in [1.54, 1.807) is 30.3 Å². The zero-order valence-electron chi connectivity index (χ0n) is 14.1. The number of aliphatic hydroxyl groups excluding tert-OH is 1. The third-order valence-corrected chi connectivity index (χ3v) is 4.81. The summed E-state index contributed by atoms with van der Waals surface area (Å²) >= 11 is 0. The molecule has 0 spiro atoms. The first kappa shape index (κ1) is 19.4. The molecule has 1 aromatic heterocycles. The predicted molar refractivity (Wildman–Crippen MR) is 92.9 cm³/mol. The van der Waals surface area contributed by atoms with E-state index in [0.29, 0.717) is 5.75 Å². The molecule has 5 unspecified atom stereocenters. The number of benzene rings is 1. The predicted octanol–water partition coefficient (Wildman–Crippen LogP) is 1.42. The van der Waals surface area contributed by atoms with Gasteiger partial charge in [-0.1, -0.05) is 18.2 Å². The Labute approximate surface area is 154 Å². The number of para-hydroxylation sites is 1. The molecule has 3 N–H and O–H groups in total. The standard InChI is InChI=1S/C16H17FN3O6P/c17-8-11-12(9-24-27(23)26-10-4-2-1-3-5-10)25-15(14(11)21)20-7-6-13(18)19-16(20)22/h1-7,11-12,14-15,21H,8-9H2,(H-,18,19,22)/p+1. The molecule has 9 nitrogen and oxygen atoms in total. The lowest BCUT2D eigenvalue weighted by atomic mass is 10.00. The lowest BCUT2D eigenvalue weighted by molar-refractivity contribution is -0.0506. The van der Waals surface area contributed by atoms with Crippen molar-refractivity contribution in [3.8, 4) is 5.75 Å². The van der Waals surface area contributed by atoms with Gasteiger partial charge in [0.15, 0.2) is 12.0 Å². The number of nitrogen functional groups attached to an aromatic ring is 1. The highest BCUT2D eigenvalue weighted by atomic mass is 31.1. The molecule has 0 aliphatic carbocycles. The Hall–Kier alpha value is -2.39. The van der Waals surface area contributed by atoms with Crippen LogP contribution in [0.5, 0.6) is 5.75 Å². The summed E-state index contributed by atoms with van der Waals surface area (Å²) in [5, 5.41) is 10.3. The molecule has 0 saturated carbocycles. The molecular formula is C16H18FN3O6P+. The molecule has 1 aromatic carbocycles. The van der Waals surface area contributed by atoms with E-state index in [-0.39, 0.29) is 12.4 Å². The number of nitrogens with two attached hydrogens (primary N) is 1. The van der Waals surface area contributed by atoms with Crippen molar-refractivity contribution in [2.24, 2.45) is 5.92 Å². The van der Waals surface area contributed by atoms with Crippen LogP contribution >= 0.6 is 8.25 Å². The first-order valence-electron chi connectivity index (χ1n) is 8.07. The SMILES string of the molecule is Nc1ccn(C2OC(CO[P+](=O)Oc3ccccc3)C(CF)C2O)c(=O)n1. The van der Waals surface area contributed by atoms with Gasteiger partial charge in [-0.05, 0) is 18.2 Å². The van der Waals surface area contributed by atoms with Crippen molar-refractivity contribution in [3.05, 3.63) is 53.1 Å². The maximum absolute atomic E-state index is 13.4. The molecule has 11 heteroatoms. The van der Waals surface area contributed by atoms with Crippen LogP contribution in [0.2, 0.25) is 0 Å². The van der Waals surface area contributed by atoms with Crippen LogP contribution in [0.4, 0.5) is 10.2 Å². The zero-order chi connectivity index (χ0) is 19.4. The molecule has 1 saturated heterocycles. The van der Waals surface area contributed by atoms with E-state index in [1.165, 1.54) is 12.3 Å². The maximum atomic E-state index is 13.4. The molecule has 0 radical (unpaired) electrons. The summed E-state index contributed by atoms with van der Waals surface area (Å²) in [5.41, 5.74) is 4.69. The number of halogens is 1. The van der Waals surface area contributed by atoms with Gasteiger partial charge in [0.2, 0.25) is 0 Å². The first-order chi connectivity index (χ1) is 13.0. The third kappa shape index (κ3) is 4.48. The summed E-state index contributed by atoms with van der Waals surface area (Å²) in [4.78, 5) is 15.5. The topological polar surface area (TPSA) is 126 Å². The van der Waals surface area contributed by atoms with Gasteiger partial charge in [-0.3, -0.25) is 8.96 Å². The minimum atomic E-state index is -2.52. The number of nitrogens with zero attached hydrogens (tertiary/aromatic N) is 2. The maximum Gasteiger partial charge on any atom is 0.750 e. The molecule has 0 amide bonds. The van der Waals surface area contributed by atoms with Crippen LogP contribution in [-0.4, -0.2) is 40.1 Å². The summed E-state index contributed by atoms with van der Waals surface area (Å²) in [6, 6.07) is 9.75. The smallest absolute Gasteiger partial charge is 0.388 e. The fourth-order valence-electron chi connectivity index (χ4n) is 2.72. The van der Waals surface area contributed by atoms with Crippen LogP contribution in [0.1, 0.15) is 6.23 Å². The van der Waals surface area contributed by atoms with Gasteiger partial charge in [-0.15, -0.1) is 4.52 Å². The Kier molecular flexibility index (Phi) is 6.12. The van der Waals surface area contributed by atoms with Crippen molar-refractivity contribution in [2.75, 3.05) is 19.0 Å². The number of alkyl halides is 1. The van der Waals surface area contributed by atoms with E-state index in [2.05, 4.69) is 4.98 Å². The van der Waals surface area contributed by atoms with Crippen molar-refractivity contribution in [1.29, 1.82) is 0 Å². The van der Waals surface area contributed by atoms with Crippen molar-refractivity contribution in [3.63, 3.8) is 0 Å². The molecule has 2 heterocycles. The lowest BCUT2D eigenvalue weighted by Gasteiger charge is -2.17. The molecule has 1 aliphatic heterocycles. The number of hydrogen-bond acceptors (Lipinski definition) is 8. The first-order valence-corrected chi connectivity index (χ1v) is 9.16. The molecule has 1 fully saturated rings. The number of rotatable bonds is 7. The number of aliphatic hydroxyl groups is 1. The van der Waals surface area contributed by atoms with Crippen LogP contribution in [0.25, 0.3) is 0 Å². The second-order valence-electron chi connectivity index (χ2n) is 5.84. The normalized spacial score (nSPS) is 25.3. The Morgan fingerprint density at radius 1 is 1.33 bits per heavy atom. The molecular weight excluding hydrogens is 380 g/mol. The van der Waals surface area contributed by atoms with Crippen LogP contribution in [0, 0.1) is 5.92 Å². The fourth-order valence-corrected chi connectivity index (χ4v) is 3.34. The summed E-state index contributed by atoms with van der Waals surface area (Å²) in [7, 11) is -2.52. The van der Waals surface area contributed by atoms with E-state index in [4.69, 9.17) is 19.5 Å². The van der Waals surface area contributed by atoms with Crippen molar-refractivity contribution >= 4 is 14.1 Å². The van der Waals surface area contributed by atoms with Crippen LogP contribution in [0.3, 0.4) is 0 Å². The van der Waals surface area contributed by atoms with Crippen LogP contribution < -0.4 is 15.9 Å². The summed E-state index contributed by atoms with van der Waals surface area (Å²) in [6.07, 6.45) is -2.11. The number of aromatic nitrogens is 2. The Morgan fingerprint density at radius 2 is 2.07 bits per heavy atom. The summed E-state index contributed by atoms with van der Waals surface area (Å²) in [6.45, 7) is -1.21. The average molecular weight is 398 g/mol. The minimum absolute atomic E-state index is 0.0146. The second kappa shape index (κ2) is 8.53. The molecule has 3 rings (SSSR count). The van der Waals surface area contributed by atoms with E-state index >= 15 is 0 Å². The van der Waals surface area contributed by atoms with Gasteiger partial charge in [-0.2, -0.15) is 4.98 Å². The highest BCUT2D eigenvalue weighted by Crippen LogP contribution is 2.36. The highest BCUT2D eigenvalue weighted by Gasteiger charge is 2.46. The molecule has 0 bridgehead atoms. The van der Waals surface area contributed by atoms with Gasteiger partial charge in [-0.25, -0.2) is 9.32 Å². The Balaban J connectivity index is 1.65. The average Bonchev–Trinajstić information content (AvgIpc) is 2.96. The third-order valence-electron chi connectivity index (χ3n) is 4.09. The van der Waals surface area contributed by atoms with Crippen molar-refractivity contribution in [1.82, 2.24) is 9.55 Å². The summed E-state index contributed by atoms with van der Waals surface area (Å²) < 4.78 is 42.1. The quantitative estimate of drug-likeness (QED) is 0.671. The summed E-state index contributed by atoms with van der Waals surface area (Å²) in [5.74, 6) is -0.606. The molecule has 2 aromatic rings. The van der Waals surface area contributed by atoms with Gasteiger partial charge in [0, 0.05) is 16.7 Å². The van der Waals surface area contributed by atoms with Gasteiger partial charge in [0.1, 0.15) is 18.5 Å². The van der Waals surface area contributed by atoms with Gasteiger partial charge < -0.3 is 15.6 Å². The second-order valence-corrected chi connectivity index (χ2v) is 6.73.